The van der Waals surface area contributed by atoms with E-state index in [-0.39, 0.29) is 5.82 Å². The Morgan fingerprint density at radius 3 is 2.42 bits per heavy atom. The molecule has 0 amide bonds. The molecule has 0 radical (unpaired) electrons. The van der Waals surface area contributed by atoms with Crippen molar-refractivity contribution in [3.63, 3.8) is 0 Å². The summed E-state index contributed by atoms with van der Waals surface area (Å²) in [5, 5.41) is 4.30. The molecule has 2 aromatic carbocycles. The van der Waals surface area contributed by atoms with E-state index in [1.807, 2.05) is 31.2 Å². The van der Waals surface area contributed by atoms with Crippen LogP contribution in [-0.2, 0) is 0 Å². The van der Waals surface area contributed by atoms with Gasteiger partial charge in [0, 0.05) is 16.1 Å². The smallest absolute Gasteiger partial charge is 0.143 e. The first kappa shape index (κ1) is 16.5. The van der Waals surface area contributed by atoms with Crippen molar-refractivity contribution in [2.75, 3.05) is 12.4 Å². The number of ether oxygens (including phenoxy) is 1. The molecule has 1 N–H and O–H groups in total. The van der Waals surface area contributed by atoms with Gasteiger partial charge >= 0.3 is 0 Å². The molecular formula is C20H16FN3OS. The minimum Gasteiger partial charge on any atom is -0.497 e. The molecule has 2 heterocycles. The maximum Gasteiger partial charge on any atom is 0.143 e. The number of fused-ring (bicyclic) bond motifs is 1. The Balaban J connectivity index is 1.83. The summed E-state index contributed by atoms with van der Waals surface area (Å²) in [6, 6.07) is 14.2. The molecule has 0 atom stereocenters. The normalized spacial score (nSPS) is 10.9. The molecule has 26 heavy (non-hydrogen) atoms. The molecule has 0 aliphatic heterocycles. The summed E-state index contributed by atoms with van der Waals surface area (Å²) < 4.78 is 18.5. The van der Waals surface area contributed by atoms with Crippen molar-refractivity contribution in [2.24, 2.45) is 0 Å². The van der Waals surface area contributed by atoms with Crippen molar-refractivity contribution in [3.8, 4) is 16.9 Å². The first-order valence-corrected chi connectivity index (χ1v) is 8.88. The lowest BCUT2D eigenvalue weighted by molar-refractivity contribution is 0.415. The van der Waals surface area contributed by atoms with E-state index in [4.69, 9.17) is 4.74 Å². The number of nitrogens with one attached hydrogen (secondary N) is 1. The molecule has 4 aromatic rings. The van der Waals surface area contributed by atoms with Gasteiger partial charge in [-0.05, 0) is 48.9 Å². The number of halogens is 1. The number of hydrogen-bond donors (Lipinski definition) is 1. The van der Waals surface area contributed by atoms with Crippen molar-refractivity contribution in [1.29, 1.82) is 0 Å². The molecule has 6 heteroatoms. The molecule has 4 rings (SSSR count). The highest BCUT2D eigenvalue weighted by Gasteiger charge is 2.17. The van der Waals surface area contributed by atoms with E-state index in [0.717, 1.165) is 43.5 Å². The van der Waals surface area contributed by atoms with Crippen LogP contribution in [0.15, 0.2) is 54.9 Å². The van der Waals surface area contributed by atoms with Crippen molar-refractivity contribution < 1.29 is 9.13 Å². The van der Waals surface area contributed by atoms with Crippen molar-refractivity contribution >= 4 is 33.1 Å². The Labute approximate surface area is 154 Å². The second kappa shape index (κ2) is 6.72. The largest absolute Gasteiger partial charge is 0.497 e. The molecule has 0 aliphatic rings. The van der Waals surface area contributed by atoms with Gasteiger partial charge in [0.2, 0.25) is 0 Å². The molecule has 0 saturated carbocycles. The van der Waals surface area contributed by atoms with E-state index in [2.05, 4.69) is 15.3 Å². The molecule has 130 valence electrons. The third-order valence-corrected chi connectivity index (χ3v) is 5.16. The lowest BCUT2D eigenvalue weighted by Gasteiger charge is -2.09. The predicted octanol–water partition coefficient (Wildman–Crippen LogP) is 5.56. The summed E-state index contributed by atoms with van der Waals surface area (Å²) in [6.07, 6.45) is 1.55. The van der Waals surface area contributed by atoms with Crippen molar-refractivity contribution in [2.45, 2.75) is 6.92 Å². The number of nitrogens with zero attached hydrogens (tertiary/aromatic N) is 2. The summed E-state index contributed by atoms with van der Waals surface area (Å²) in [5.74, 6) is 1.27. The zero-order valence-corrected chi connectivity index (χ0v) is 15.1. The lowest BCUT2D eigenvalue weighted by Crippen LogP contribution is -1.96. The molecule has 4 nitrogen and oxygen atoms in total. The van der Waals surface area contributed by atoms with Gasteiger partial charge in [-0.3, -0.25) is 0 Å². The number of methoxy groups -OCH3 is 1. The van der Waals surface area contributed by atoms with Gasteiger partial charge in [0.15, 0.2) is 0 Å². The maximum atomic E-state index is 13.3. The van der Waals surface area contributed by atoms with E-state index in [0.29, 0.717) is 0 Å². The van der Waals surface area contributed by atoms with E-state index < -0.39 is 0 Å². The third-order valence-electron chi connectivity index (χ3n) is 4.15. The van der Waals surface area contributed by atoms with E-state index in [9.17, 15) is 4.39 Å². The predicted molar refractivity (Wildman–Crippen MR) is 104 cm³/mol. The molecule has 0 unspecified atom stereocenters. The summed E-state index contributed by atoms with van der Waals surface area (Å²) in [4.78, 5) is 10.9. The number of thiophene rings is 1. The number of rotatable bonds is 4. The topological polar surface area (TPSA) is 47.0 Å². The minimum absolute atomic E-state index is 0.251. The summed E-state index contributed by atoms with van der Waals surface area (Å²) in [6.45, 7) is 2.04. The average molecular weight is 365 g/mol. The second-order valence-corrected chi connectivity index (χ2v) is 7.00. The highest BCUT2D eigenvalue weighted by atomic mass is 32.1. The highest BCUT2D eigenvalue weighted by molar-refractivity contribution is 7.19. The van der Waals surface area contributed by atoms with Gasteiger partial charge < -0.3 is 10.1 Å². The van der Waals surface area contributed by atoms with Gasteiger partial charge in [-0.25, -0.2) is 14.4 Å². The summed E-state index contributed by atoms with van der Waals surface area (Å²) in [5.41, 5.74) is 2.88. The fourth-order valence-corrected chi connectivity index (χ4v) is 3.93. The van der Waals surface area contributed by atoms with E-state index in [1.54, 1.807) is 36.9 Å². The van der Waals surface area contributed by atoms with Crippen molar-refractivity contribution in [1.82, 2.24) is 9.97 Å². The molecule has 0 fully saturated rings. The minimum atomic E-state index is -0.251. The SMILES string of the molecule is COc1ccc(Nc2ncnc3sc(C)c(-c4ccc(F)cc4)c23)cc1. The lowest BCUT2D eigenvalue weighted by atomic mass is 10.0. The first-order chi connectivity index (χ1) is 12.7. The number of hydrogen-bond acceptors (Lipinski definition) is 5. The van der Waals surface area contributed by atoms with Crippen LogP contribution in [0.2, 0.25) is 0 Å². The summed E-state index contributed by atoms with van der Waals surface area (Å²) >= 11 is 1.60. The Bertz CT molecular complexity index is 1060. The monoisotopic (exact) mass is 365 g/mol. The number of aryl methyl sites for hydroxylation is 1. The Hall–Kier alpha value is -2.99. The Morgan fingerprint density at radius 1 is 1.00 bits per heavy atom. The van der Waals surface area contributed by atoms with Crippen LogP contribution in [0.1, 0.15) is 4.88 Å². The van der Waals surface area contributed by atoms with Crippen LogP contribution >= 0.6 is 11.3 Å². The third kappa shape index (κ3) is 2.99. The van der Waals surface area contributed by atoms with E-state index in [1.165, 1.54) is 12.1 Å². The van der Waals surface area contributed by atoms with Crippen LogP contribution < -0.4 is 10.1 Å². The van der Waals surface area contributed by atoms with Crippen molar-refractivity contribution in [3.05, 3.63) is 65.6 Å². The second-order valence-electron chi connectivity index (χ2n) is 5.80. The van der Waals surface area contributed by atoms with Gasteiger partial charge in [0.25, 0.3) is 0 Å². The van der Waals surface area contributed by atoms with Gasteiger partial charge in [0.05, 0.1) is 12.5 Å². The number of aromatic nitrogens is 2. The number of anilines is 2. The van der Waals surface area contributed by atoms with Crippen LogP contribution in [-0.4, -0.2) is 17.1 Å². The fourth-order valence-electron chi connectivity index (χ4n) is 2.91. The molecular weight excluding hydrogens is 349 g/mol. The number of benzene rings is 2. The maximum absolute atomic E-state index is 13.3. The zero-order chi connectivity index (χ0) is 18.1. The van der Waals surface area contributed by atoms with Crippen LogP contribution in [0.5, 0.6) is 5.75 Å². The van der Waals surface area contributed by atoms with Crippen LogP contribution in [0.3, 0.4) is 0 Å². The van der Waals surface area contributed by atoms with Crippen LogP contribution in [0, 0.1) is 12.7 Å². The van der Waals surface area contributed by atoms with Gasteiger partial charge in [-0.2, -0.15) is 0 Å². The van der Waals surface area contributed by atoms with Gasteiger partial charge in [-0.15, -0.1) is 11.3 Å². The van der Waals surface area contributed by atoms with Gasteiger partial charge in [0.1, 0.15) is 28.5 Å². The first-order valence-electron chi connectivity index (χ1n) is 8.07. The summed E-state index contributed by atoms with van der Waals surface area (Å²) in [7, 11) is 1.64. The average Bonchev–Trinajstić information content (AvgIpc) is 3.00. The Kier molecular flexibility index (Phi) is 4.26. The standard InChI is InChI=1S/C20H16FN3OS/c1-12-17(13-3-5-14(21)6-4-13)18-19(22-11-23-20(18)26-12)24-15-7-9-16(25-2)10-8-15/h3-11H,1-2H3,(H,22,23,24). The molecule has 0 aliphatic carbocycles. The zero-order valence-electron chi connectivity index (χ0n) is 14.3. The quantitative estimate of drug-likeness (QED) is 0.514. The van der Waals surface area contributed by atoms with Crippen LogP contribution in [0.4, 0.5) is 15.9 Å². The van der Waals surface area contributed by atoms with Gasteiger partial charge in [-0.1, -0.05) is 12.1 Å². The fraction of sp³-hybridized carbons (Fsp3) is 0.100. The van der Waals surface area contributed by atoms with E-state index >= 15 is 0 Å². The molecule has 0 saturated heterocycles. The highest BCUT2D eigenvalue weighted by Crippen LogP contribution is 2.41. The Morgan fingerprint density at radius 2 is 1.73 bits per heavy atom. The molecule has 0 bridgehead atoms. The van der Waals surface area contributed by atoms with Crippen LogP contribution in [0.25, 0.3) is 21.3 Å². The molecule has 2 aromatic heterocycles. The molecule has 0 spiro atoms.